The molecule has 0 amide bonds. The number of aliphatic hydroxyl groups is 1. The molecule has 3 heterocycles. The lowest BCUT2D eigenvalue weighted by molar-refractivity contribution is -0.0938. The predicted octanol–water partition coefficient (Wildman–Crippen LogP) is -0.0591. The van der Waals surface area contributed by atoms with Crippen molar-refractivity contribution < 1.29 is 9.84 Å². The van der Waals surface area contributed by atoms with Gasteiger partial charge in [0.25, 0.3) is 0 Å². The molecule has 0 aliphatic carbocycles. The van der Waals surface area contributed by atoms with Crippen LogP contribution < -0.4 is 16.4 Å². The molecule has 1 fully saturated rings. The average Bonchev–Trinajstić information content (AvgIpc) is 2.87. The number of nitrogens with zero attached hydrogens (tertiary/aromatic N) is 2. The molecule has 1 aromatic heterocycles. The number of aliphatic hydroxyl groups excluding tert-OH is 1. The Morgan fingerprint density at radius 2 is 2.40 bits per heavy atom. The molecule has 1 aromatic rings. The van der Waals surface area contributed by atoms with Crippen molar-refractivity contribution in [3.8, 4) is 0 Å². The van der Waals surface area contributed by atoms with Crippen LogP contribution in [0.25, 0.3) is 0 Å². The van der Waals surface area contributed by atoms with Crippen LogP contribution in [0, 0.1) is 0 Å². The zero-order chi connectivity index (χ0) is 14.1. The molecule has 3 atom stereocenters. The SMILES string of the molecule is CCc1cn(C2CNCC(CO)O2)c2c1C(N)N=CN2. The molecule has 1 saturated heterocycles. The molecule has 7 nitrogen and oxygen atoms in total. The maximum atomic E-state index is 9.26. The molecule has 0 saturated carbocycles. The van der Waals surface area contributed by atoms with E-state index in [9.17, 15) is 5.11 Å². The van der Waals surface area contributed by atoms with Gasteiger partial charge in [-0.1, -0.05) is 6.92 Å². The van der Waals surface area contributed by atoms with Gasteiger partial charge in [0.1, 0.15) is 18.2 Å². The van der Waals surface area contributed by atoms with E-state index in [4.69, 9.17) is 10.5 Å². The highest BCUT2D eigenvalue weighted by molar-refractivity contribution is 5.79. The summed E-state index contributed by atoms with van der Waals surface area (Å²) in [7, 11) is 0. The topological polar surface area (TPSA) is 96.8 Å². The minimum Gasteiger partial charge on any atom is -0.394 e. The number of nitrogens with two attached hydrogens (primary N) is 1. The summed E-state index contributed by atoms with van der Waals surface area (Å²) in [5, 5.41) is 15.7. The second kappa shape index (κ2) is 5.53. The number of anilines is 1. The molecular weight excluding hydrogens is 258 g/mol. The van der Waals surface area contributed by atoms with Gasteiger partial charge in [0, 0.05) is 24.8 Å². The third-order valence-electron chi connectivity index (χ3n) is 3.82. The highest BCUT2D eigenvalue weighted by Crippen LogP contribution is 2.34. The van der Waals surface area contributed by atoms with E-state index in [0.29, 0.717) is 13.1 Å². The first-order chi connectivity index (χ1) is 9.74. The summed E-state index contributed by atoms with van der Waals surface area (Å²) in [6, 6.07) is 0. The first-order valence-electron chi connectivity index (χ1n) is 6.99. The number of aliphatic imine (C=N–C) groups is 1. The van der Waals surface area contributed by atoms with E-state index in [2.05, 4.69) is 28.7 Å². The minimum atomic E-state index is -0.326. The van der Waals surface area contributed by atoms with E-state index in [0.717, 1.165) is 17.8 Å². The van der Waals surface area contributed by atoms with Crippen molar-refractivity contribution in [3.05, 3.63) is 17.3 Å². The molecular formula is C13H21N5O2. The van der Waals surface area contributed by atoms with E-state index in [-0.39, 0.29) is 25.1 Å². The smallest absolute Gasteiger partial charge is 0.148 e. The van der Waals surface area contributed by atoms with Gasteiger partial charge in [0.15, 0.2) is 0 Å². The van der Waals surface area contributed by atoms with E-state index < -0.39 is 0 Å². The first-order valence-corrected chi connectivity index (χ1v) is 6.99. The fourth-order valence-electron chi connectivity index (χ4n) is 2.80. The molecule has 5 N–H and O–H groups in total. The van der Waals surface area contributed by atoms with E-state index in [1.165, 1.54) is 5.56 Å². The highest BCUT2D eigenvalue weighted by Gasteiger charge is 2.29. The third-order valence-corrected chi connectivity index (χ3v) is 3.82. The minimum absolute atomic E-state index is 0.0159. The zero-order valence-corrected chi connectivity index (χ0v) is 11.5. The van der Waals surface area contributed by atoms with Gasteiger partial charge in [-0.25, -0.2) is 0 Å². The molecule has 0 spiro atoms. The standard InChI is InChI=1S/C13H21N5O2/c1-2-8-5-18(10-4-15-3-9(6-19)20-10)13-11(8)12(14)16-7-17-13/h5,7,9-10,12,15,19H,2-4,6,14H2,1H3,(H,16,17). The summed E-state index contributed by atoms with van der Waals surface area (Å²) in [5.41, 5.74) is 8.28. The van der Waals surface area contributed by atoms with E-state index in [1.54, 1.807) is 6.34 Å². The summed E-state index contributed by atoms with van der Waals surface area (Å²) < 4.78 is 7.96. The lowest BCUT2D eigenvalue weighted by Gasteiger charge is -2.32. The van der Waals surface area contributed by atoms with E-state index >= 15 is 0 Å². The van der Waals surface area contributed by atoms with Gasteiger partial charge in [-0.3, -0.25) is 4.99 Å². The normalized spacial score (nSPS) is 29.1. The number of rotatable bonds is 3. The lowest BCUT2D eigenvalue weighted by atomic mass is 10.1. The van der Waals surface area contributed by atoms with Gasteiger partial charge in [-0.15, -0.1) is 0 Å². The number of aromatic nitrogens is 1. The molecule has 0 radical (unpaired) electrons. The molecule has 2 aliphatic rings. The van der Waals surface area contributed by atoms with Crippen LogP contribution in [-0.4, -0.2) is 41.8 Å². The Hall–Kier alpha value is -1.41. The van der Waals surface area contributed by atoms with Crippen molar-refractivity contribution in [2.24, 2.45) is 10.7 Å². The molecule has 0 aromatic carbocycles. The van der Waals surface area contributed by atoms with Crippen molar-refractivity contribution in [3.63, 3.8) is 0 Å². The van der Waals surface area contributed by atoms with Crippen molar-refractivity contribution in [2.45, 2.75) is 31.8 Å². The number of hydrogen-bond acceptors (Lipinski definition) is 6. The van der Waals surface area contributed by atoms with Gasteiger partial charge < -0.3 is 30.8 Å². The van der Waals surface area contributed by atoms with Gasteiger partial charge in [-0.05, 0) is 12.0 Å². The number of nitrogens with one attached hydrogen (secondary N) is 2. The van der Waals surface area contributed by atoms with Gasteiger partial charge in [0.05, 0.1) is 19.0 Å². The Bertz CT molecular complexity index is 513. The summed E-state index contributed by atoms with van der Waals surface area (Å²) in [6.07, 6.45) is 3.93. The number of hydrogen-bond donors (Lipinski definition) is 4. The van der Waals surface area contributed by atoms with Crippen LogP contribution in [0.5, 0.6) is 0 Å². The molecule has 7 heteroatoms. The molecule has 0 bridgehead atoms. The Balaban J connectivity index is 1.94. The molecule has 3 unspecified atom stereocenters. The number of aryl methyl sites for hydroxylation is 1. The summed E-state index contributed by atoms with van der Waals surface area (Å²) in [5.74, 6) is 0.940. The fourth-order valence-corrected chi connectivity index (χ4v) is 2.80. The molecule has 110 valence electrons. The number of ether oxygens (including phenoxy) is 1. The second-order valence-corrected chi connectivity index (χ2v) is 5.10. The van der Waals surface area contributed by atoms with Crippen molar-refractivity contribution >= 4 is 12.2 Å². The maximum absolute atomic E-state index is 9.26. The van der Waals surface area contributed by atoms with Crippen LogP contribution in [-0.2, 0) is 11.2 Å². The fraction of sp³-hybridized carbons (Fsp3) is 0.615. The number of morpholine rings is 1. The molecule has 20 heavy (non-hydrogen) atoms. The van der Waals surface area contributed by atoms with Crippen LogP contribution in [0.1, 0.15) is 30.4 Å². The largest absolute Gasteiger partial charge is 0.394 e. The van der Waals surface area contributed by atoms with Crippen molar-refractivity contribution in [1.29, 1.82) is 0 Å². The Morgan fingerprint density at radius 3 is 3.15 bits per heavy atom. The van der Waals surface area contributed by atoms with Crippen LogP contribution >= 0.6 is 0 Å². The Morgan fingerprint density at radius 1 is 1.55 bits per heavy atom. The molecule has 3 rings (SSSR count). The summed E-state index contributed by atoms with van der Waals surface area (Å²) in [6.45, 7) is 3.49. The quantitative estimate of drug-likeness (QED) is 0.621. The summed E-state index contributed by atoms with van der Waals surface area (Å²) >= 11 is 0. The Labute approximate surface area is 117 Å². The average molecular weight is 279 g/mol. The monoisotopic (exact) mass is 279 g/mol. The maximum Gasteiger partial charge on any atom is 0.148 e. The lowest BCUT2D eigenvalue weighted by Crippen LogP contribution is -2.44. The van der Waals surface area contributed by atoms with Crippen LogP contribution in [0.2, 0.25) is 0 Å². The predicted molar refractivity (Wildman–Crippen MR) is 76.7 cm³/mol. The van der Waals surface area contributed by atoms with Crippen molar-refractivity contribution in [2.75, 3.05) is 25.0 Å². The number of fused-ring (bicyclic) bond motifs is 1. The van der Waals surface area contributed by atoms with Crippen LogP contribution in [0.15, 0.2) is 11.2 Å². The van der Waals surface area contributed by atoms with Crippen LogP contribution in [0.3, 0.4) is 0 Å². The first kappa shape index (κ1) is 13.6. The van der Waals surface area contributed by atoms with Crippen LogP contribution in [0.4, 0.5) is 5.82 Å². The van der Waals surface area contributed by atoms with Gasteiger partial charge >= 0.3 is 0 Å². The Kier molecular flexibility index (Phi) is 3.75. The van der Waals surface area contributed by atoms with Crippen molar-refractivity contribution in [1.82, 2.24) is 9.88 Å². The third kappa shape index (κ3) is 2.22. The highest BCUT2D eigenvalue weighted by atomic mass is 16.5. The van der Waals surface area contributed by atoms with Gasteiger partial charge in [-0.2, -0.15) is 0 Å². The van der Waals surface area contributed by atoms with Gasteiger partial charge in [0.2, 0.25) is 0 Å². The second-order valence-electron chi connectivity index (χ2n) is 5.10. The van der Waals surface area contributed by atoms with E-state index in [1.807, 2.05) is 4.57 Å². The zero-order valence-electron chi connectivity index (χ0n) is 11.5. The summed E-state index contributed by atoms with van der Waals surface area (Å²) in [4.78, 5) is 4.20. The molecule has 2 aliphatic heterocycles.